The van der Waals surface area contributed by atoms with E-state index in [2.05, 4.69) is 34.3 Å². The van der Waals surface area contributed by atoms with Gasteiger partial charge in [0.2, 0.25) is 12.2 Å². The van der Waals surface area contributed by atoms with Crippen molar-refractivity contribution in [3.8, 4) is 12.0 Å². The van der Waals surface area contributed by atoms with Gasteiger partial charge in [-0.25, -0.2) is 9.59 Å². The maximum atomic E-state index is 9.85. The molecule has 0 radical (unpaired) electrons. The van der Waals surface area contributed by atoms with Gasteiger partial charge in [-0.3, -0.25) is 0 Å². The van der Waals surface area contributed by atoms with Gasteiger partial charge in [0.05, 0.1) is 27.6 Å². The van der Waals surface area contributed by atoms with Crippen molar-refractivity contribution in [1.82, 2.24) is 0 Å². The molecule has 240 valence electrons. The maximum Gasteiger partial charge on any atom is 0.292 e. The number of unbranched alkanes of at least 4 members (excludes halogenated alkanes) is 2. The second-order valence-corrected chi connectivity index (χ2v) is 9.59. The van der Waals surface area contributed by atoms with Gasteiger partial charge >= 0.3 is 0 Å². The van der Waals surface area contributed by atoms with E-state index in [0.717, 1.165) is 39.6 Å². The molecule has 44 heavy (non-hydrogen) atoms. The first-order valence-corrected chi connectivity index (χ1v) is 14.8. The molecule has 0 fully saturated rings. The largest absolute Gasteiger partial charge is 0.398 e. The number of nitrogens with zero attached hydrogens (tertiary/aromatic N) is 3. The van der Waals surface area contributed by atoms with Crippen LogP contribution in [0.1, 0.15) is 57.7 Å². The number of aryl methyl sites for hydroxylation is 2. The molecule has 0 spiro atoms. The summed E-state index contributed by atoms with van der Waals surface area (Å²) in [6, 6.07) is 15.7. The molecule has 0 atom stereocenters. The van der Waals surface area contributed by atoms with E-state index in [4.69, 9.17) is 21.5 Å². The minimum Gasteiger partial charge on any atom is -0.398 e. The molecule has 0 aliphatic rings. The highest BCUT2D eigenvalue weighted by Gasteiger charge is 2.09. The maximum absolute atomic E-state index is 9.85. The molecule has 4 N–H and O–H groups in total. The summed E-state index contributed by atoms with van der Waals surface area (Å²) in [4.78, 5) is 27.5. The van der Waals surface area contributed by atoms with Crippen LogP contribution in [0.4, 0.5) is 22.7 Å². The van der Waals surface area contributed by atoms with Crippen LogP contribution in [0.15, 0.2) is 69.5 Å². The number of thioether (sulfide) groups is 1. The molecule has 3 aromatic rings. The Morgan fingerprint density at radius 1 is 0.932 bits per heavy atom. The number of nitrogens with two attached hydrogens (primary N) is 2. The number of hydrogen-bond acceptors (Lipinski definition) is 11. The Morgan fingerprint density at radius 2 is 1.59 bits per heavy atom. The number of hydrogen-bond donors (Lipinski definition) is 3. The fourth-order valence-corrected chi connectivity index (χ4v) is 4.19. The first-order valence-electron chi connectivity index (χ1n) is 12.9. The van der Waals surface area contributed by atoms with Crippen molar-refractivity contribution in [3.05, 3.63) is 71.3 Å². The summed E-state index contributed by atoms with van der Waals surface area (Å²) >= 11 is 5.80. The fraction of sp³-hybridized carbons (Fsp3) is 0.364. The van der Waals surface area contributed by atoms with E-state index in [1.54, 1.807) is 43.1 Å². The van der Waals surface area contributed by atoms with Crippen LogP contribution >= 0.6 is 24.4 Å². The average molecular weight is 642 g/mol. The number of benzene rings is 3. The van der Waals surface area contributed by atoms with Gasteiger partial charge in [0.15, 0.2) is 0 Å². The number of aliphatic imine (C=N–C) groups is 2. The summed E-state index contributed by atoms with van der Waals surface area (Å²) in [6.45, 7) is 7.00. The molecule has 0 aliphatic carbocycles. The third-order valence-corrected chi connectivity index (χ3v) is 6.60. The second kappa shape index (κ2) is 27.8. The molecular weight excluding hydrogens is 595 g/mol. The summed E-state index contributed by atoms with van der Waals surface area (Å²) in [5.41, 5.74) is 17.6. The second-order valence-electron chi connectivity index (χ2n) is 8.45. The lowest BCUT2D eigenvalue weighted by Gasteiger charge is -2.13. The Hall–Kier alpha value is -4.03. The Bertz CT molecular complexity index is 1360. The Labute approximate surface area is 273 Å². The summed E-state index contributed by atoms with van der Waals surface area (Å²) in [5.74, 6) is 1.01. The van der Waals surface area contributed by atoms with Crippen LogP contribution in [0.5, 0.6) is 5.75 Å². The summed E-state index contributed by atoms with van der Waals surface area (Å²) in [7, 11) is 1.75. The first kappa shape index (κ1) is 44.4. The predicted molar refractivity (Wildman–Crippen MR) is 189 cm³/mol. The summed E-state index contributed by atoms with van der Waals surface area (Å²) < 4.78 is 9.35. The van der Waals surface area contributed by atoms with Crippen LogP contribution < -0.4 is 16.2 Å². The minimum absolute atomic E-state index is 0. The highest BCUT2D eigenvalue weighted by molar-refractivity contribution is 7.99. The van der Waals surface area contributed by atoms with Crippen LogP contribution in [-0.4, -0.2) is 32.1 Å². The van der Waals surface area contributed by atoms with Crippen LogP contribution in [0.2, 0.25) is 0 Å². The van der Waals surface area contributed by atoms with E-state index in [1.165, 1.54) is 43.7 Å². The zero-order chi connectivity index (χ0) is 31.8. The number of isocyanates is 2. The summed E-state index contributed by atoms with van der Waals surface area (Å²) in [5, 5.41) is 8.16. The zero-order valence-electron chi connectivity index (χ0n) is 24.7. The Balaban J connectivity index is -0.000000513. The quantitative estimate of drug-likeness (QED) is 0.0398. The van der Waals surface area contributed by atoms with Crippen molar-refractivity contribution in [2.24, 2.45) is 9.98 Å². The molecule has 0 unspecified atom stereocenters. The first-order chi connectivity index (χ1) is 20.2. The van der Waals surface area contributed by atoms with Crippen LogP contribution in [-0.2, 0) is 20.1 Å². The van der Waals surface area contributed by atoms with Gasteiger partial charge in [-0.05, 0) is 61.4 Å². The van der Waals surface area contributed by atoms with Gasteiger partial charge in [0.1, 0.15) is 5.75 Å². The number of thiol groups is 1. The Kier molecular flexibility index (Phi) is 28.0. The number of carbonyl (C=O) groups excluding carboxylic acids is 2. The number of methoxy groups -OCH3 is 1. The fourth-order valence-electron chi connectivity index (χ4n) is 3.19. The lowest BCUT2D eigenvalue weighted by Crippen LogP contribution is -2.01. The highest BCUT2D eigenvalue weighted by Crippen LogP contribution is 2.35. The van der Waals surface area contributed by atoms with Crippen molar-refractivity contribution >= 4 is 59.3 Å². The minimum atomic E-state index is 0. The van der Waals surface area contributed by atoms with E-state index in [9.17, 15) is 9.59 Å². The number of nitrogen functional groups attached to an aromatic ring is 2. The van der Waals surface area contributed by atoms with Crippen LogP contribution in [0.3, 0.4) is 0 Å². The number of nitriles is 1. The number of para-hydroxylation sites is 1. The van der Waals surface area contributed by atoms with Crippen LogP contribution in [0.25, 0.3) is 0 Å². The molecule has 3 aromatic carbocycles. The predicted octanol–water partition coefficient (Wildman–Crippen LogP) is 8.88. The molecule has 0 aliphatic heterocycles. The smallest absolute Gasteiger partial charge is 0.292 e. The lowest BCUT2D eigenvalue weighted by molar-refractivity contribution is 0.192. The standard InChI is InChI=1S/C9H14N2S2.C8H4N2O2.C8H7NO.C6H14O.2CH4/c1-5-3-6(4-12)8(11)9(13-2)7(5)10;9-5-12-8-3-1-2-7(4-8)10-6-11;1-7-4-2-3-5-8(7)9-6-10;1-3-4-5-6-7-2;;/h3,12H,4,10-11H2,1-2H3;1-4H;2-5H,1H3;3-6H2,1-2H3;2*1H4. The molecule has 3 rings (SSSR count). The summed E-state index contributed by atoms with van der Waals surface area (Å²) in [6.07, 6.45) is 10.2. The van der Waals surface area contributed by atoms with Crippen LogP contribution in [0, 0.1) is 25.4 Å². The highest BCUT2D eigenvalue weighted by atomic mass is 32.2. The molecule has 0 aromatic heterocycles. The van der Waals surface area contributed by atoms with Crippen molar-refractivity contribution in [2.45, 2.75) is 65.5 Å². The van der Waals surface area contributed by atoms with E-state index >= 15 is 0 Å². The SMILES string of the molecule is C.C.CCCCCOC.CSc1c(N)c(C)cc(CS)c1N.Cc1ccccc1N=C=O.N#COc1cccc(N=C=O)c1. The van der Waals surface area contributed by atoms with Gasteiger partial charge < -0.3 is 20.9 Å². The molecule has 0 saturated carbocycles. The molecule has 0 heterocycles. The molecule has 9 nitrogen and oxygen atoms in total. The number of rotatable bonds is 9. The van der Waals surface area contributed by atoms with E-state index in [1.807, 2.05) is 44.4 Å². The van der Waals surface area contributed by atoms with Gasteiger partial charge in [0, 0.05) is 25.5 Å². The van der Waals surface area contributed by atoms with E-state index in [0.29, 0.717) is 22.9 Å². The molecule has 0 saturated heterocycles. The number of ether oxygens (including phenoxy) is 2. The van der Waals surface area contributed by atoms with Gasteiger partial charge in [0.25, 0.3) is 6.26 Å². The molecular formula is C33H47N5O4S2. The van der Waals surface area contributed by atoms with Gasteiger partial charge in [-0.1, -0.05) is 65.0 Å². The third kappa shape index (κ3) is 17.8. The third-order valence-electron chi connectivity index (χ3n) is 5.41. The van der Waals surface area contributed by atoms with Gasteiger partial charge in [-0.2, -0.15) is 22.6 Å². The van der Waals surface area contributed by atoms with Crippen molar-refractivity contribution in [3.63, 3.8) is 0 Å². The zero-order valence-corrected chi connectivity index (χ0v) is 26.4. The van der Waals surface area contributed by atoms with Crippen molar-refractivity contribution in [1.29, 1.82) is 5.26 Å². The van der Waals surface area contributed by atoms with E-state index < -0.39 is 0 Å². The number of anilines is 2. The lowest BCUT2D eigenvalue weighted by atomic mass is 10.1. The van der Waals surface area contributed by atoms with Crippen molar-refractivity contribution in [2.75, 3.05) is 31.4 Å². The van der Waals surface area contributed by atoms with E-state index in [-0.39, 0.29) is 14.9 Å². The Morgan fingerprint density at radius 3 is 2.11 bits per heavy atom. The van der Waals surface area contributed by atoms with Gasteiger partial charge in [-0.15, -0.1) is 17.0 Å². The average Bonchev–Trinajstić information content (AvgIpc) is 2.99. The normalized spacial score (nSPS) is 8.66. The molecule has 0 amide bonds. The topological polar surface area (TPSA) is 153 Å². The molecule has 11 heteroatoms. The molecule has 0 bridgehead atoms. The monoisotopic (exact) mass is 641 g/mol. The van der Waals surface area contributed by atoms with Crippen molar-refractivity contribution < 1.29 is 19.1 Å².